The number of aliphatic carboxylic acids is 1. The number of imidazole rings is 1. The fraction of sp³-hybridized carbons (Fsp3) is 0.563. The number of amides is 16. The maximum atomic E-state index is 15.3. The minimum absolute atomic E-state index is 0.0106. The lowest BCUT2D eigenvalue weighted by Gasteiger charge is -2.35. The molecule has 43 heteroatoms. The van der Waals surface area contributed by atoms with Crippen LogP contribution in [0.15, 0.2) is 120 Å². The molecule has 794 valence electrons. The van der Waals surface area contributed by atoms with Crippen molar-refractivity contribution in [3.05, 3.63) is 148 Å². The highest BCUT2D eigenvalue weighted by molar-refractivity contribution is 9.10. The van der Waals surface area contributed by atoms with Crippen LogP contribution in [0.1, 0.15) is 212 Å². The van der Waals surface area contributed by atoms with Crippen LogP contribution in [0.4, 0.5) is 4.39 Å². The Labute approximate surface area is 858 Å². The summed E-state index contributed by atoms with van der Waals surface area (Å²) in [6, 6.07) is 13.1. The highest BCUT2D eigenvalue weighted by Gasteiger charge is 2.50. The summed E-state index contributed by atoms with van der Waals surface area (Å²) in [6.07, 6.45) is 8.09. The third-order valence-electron chi connectivity index (χ3n) is 27.7. The van der Waals surface area contributed by atoms with Crippen LogP contribution >= 0.6 is 15.9 Å². The summed E-state index contributed by atoms with van der Waals surface area (Å²) in [5, 5.41) is 57.3. The van der Waals surface area contributed by atoms with Crippen LogP contribution in [0.5, 0.6) is 0 Å². The van der Waals surface area contributed by atoms with Crippen LogP contribution < -0.4 is 91.6 Å². The van der Waals surface area contributed by atoms with Crippen molar-refractivity contribution in [2.45, 2.75) is 300 Å². The predicted molar refractivity (Wildman–Crippen MR) is 544 cm³/mol. The van der Waals surface area contributed by atoms with Crippen molar-refractivity contribution in [1.29, 1.82) is 5.41 Å². The molecule has 4 aromatic carbocycles. The van der Waals surface area contributed by atoms with Gasteiger partial charge in [-0.05, 0) is 226 Å². The number of nitrogens with two attached hydrogens (primary N) is 3. The Morgan fingerprint density at radius 2 is 1.07 bits per heavy atom. The highest BCUT2D eigenvalue weighted by Crippen LogP contribution is 2.41. The molecule has 0 radical (unpaired) electrons. The number of nitrogens with one attached hydrogen (secondary N) is 16. The quantitative estimate of drug-likeness (QED) is 0.0115. The van der Waals surface area contributed by atoms with Gasteiger partial charge in [-0.15, -0.1) is 0 Å². The molecule has 5 fully saturated rings. The second-order valence-corrected chi connectivity index (χ2v) is 41.0. The smallest absolute Gasteiger partial charge is 0.326 e. The van der Waals surface area contributed by atoms with E-state index in [-0.39, 0.29) is 153 Å². The predicted octanol–water partition coefficient (Wildman–Crippen LogP) is 2.84. The highest BCUT2D eigenvalue weighted by atomic mass is 79.9. The first kappa shape index (κ1) is 115. The van der Waals surface area contributed by atoms with Crippen molar-refractivity contribution in [1.82, 2.24) is 99.1 Å². The van der Waals surface area contributed by atoms with Crippen LogP contribution in [0, 0.1) is 34.4 Å². The molecule has 4 aliphatic heterocycles. The van der Waals surface area contributed by atoms with Gasteiger partial charge in [0, 0.05) is 68.6 Å². The van der Waals surface area contributed by atoms with Gasteiger partial charge in [0.25, 0.3) is 0 Å². The number of guanidine groups is 1. The maximum Gasteiger partial charge on any atom is 0.326 e. The van der Waals surface area contributed by atoms with E-state index in [9.17, 15) is 62.2 Å². The zero-order valence-corrected chi connectivity index (χ0v) is 85.8. The largest absolute Gasteiger partial charge is 0.480 e. The topological polar surface area (TPSA) is 619 Å². The fourth-order valence-corrected chi connectivity index (χ4v) is 19.6. The van der Waals surface area contributed by atoms with E-state index in [1.807, 2.05) is 49.4 Å². The Morgan fingerprint density at radius 1 is 0.534 bits per heavy atom. The lowest BCUT2D eigenvalue weighted by Crippen LogP contribution is -2.63. The second kappa shape index (κ2) is 55.3. The number of rotatable bonds is 53. The van der Waals surface area contributed by atoms with E-state index in [0.29, 0.717) is 80.4 Å². The number of carbonyl (C=O) groups excluding carboxylic acids is 16. The van der Waals surface area contributed by atoms with Gasteiger partial charge in [-0.1, -0.05) is 141 Å². The Kier molecular flexibility index (Phi) is 43.4. The Morgan fingerprint density at radius 3 is 1.67 bits per heavy atom. The molecular weight excluding hydrogens is 1950 g/mol. The Hall–Kier alpha value is -13.3. The first-order valence-electron chi connectivity index (χ1n) is 50.8. The molecule has 10 rings (SSSR count). The maximum absolute atomic E-state index is 15.3. The van der Waals surface area contributed by atoms with Gasteiger partial charge in [0.15, 0.2) is 5.96 Å². The Balaban J connectivity index is 0.797. The molecule has 146 heavy (non-hydrogen) atoms. The summed E-state index contributed by atoms with van der Waals surface area (Å²) < 4.78 is 14.4. The number of fused-ring (bicyclic) bond motifs is 1. The van der Waals surface area contributed by atoms with Gasteiger partial charge >= 0.3 is 5.97 Å². The number of primary amides is 1. The van der Waals surface area contributed by atoms with E-state index in [2.05, 4.69) is 100 Å². The third kappa shape index (κ3) is 33.6. The SMILES string of the molecule is CCCC[C@H](NC(=O)[C@H](CCC(N)=O)NC(=O)[C@@H](CCCN)NC(=O)C(C)(C)C(=O)NCc1ccc(F)cc1)C(=O)N1CCC[C@H]1C(=O)N[C@H](CCCNC(=N)N)C(=O)N[C@@H](CC(C)C)C(=O)NC(C)(C)C(=O)N[C@@H](Cc1c[nH]cn1)C(=O)N[C@@H](CC1CCNCC1)C(=O)NCC(=O)N1[C@H](C(=O)N[C@@H](Cc2ccc(Br)cc2)C(=O)N2CCC[C@H]2C(=O)N[C@H](Cc2ccc(-c3ccccc3)cc2)C(=O)O)C[C@@H]2CCCC[C@@H]21. The number of piperidine rings is 1. The number of aromatic amines is 1. The van der Waals surface area contributed by atoms with Gasteiger partial charge in [0.2, 0.25) is 94.5 Å². The lowest BCUT2D eigenvalue weighted by molar-refractivity contribution is -0.145. The van der Waals surface area contributed by atoms with E-state index in [0.717, 1.165) is 28.4 Å². The summed E-state index contributed by atoms with van der Waals surface area (Å²) in [5.74, 6) is -15.2. The van der Waals surface area contributed by atoms with Gasteiger partial charge in [-0.3, -0.25) is 82.1 Å². The number of unbranched alkanes of at least 4 members (excludes halogenated alkanes) is 1. The molecule has 0 unspecified atom stereocenters. The number of carbonyl (C=O) groups is 17. The van der Waals surface area contributed by atoms with Crippen LogP contribution in [-0.2, 0) is 107 Å². The van der Waals surface area contributed by atoms with Crippen molar-refractivity contribution in [3.63, 3.8) is 0 Å². The number of aromatic nitrogens is 2. The van der Waals surface area contributed by atoms with Crippen molar-refractivity contribution in [3.8, 4) is 11.1 Å². The average Bonchev–Trinajstić information content (AvgIpc) is 1.62. The molecule has 14 atom stereocenters. The number of benzene rings is 4. The zero-order chi connectivity index (χ0) is 106. The van der Waals surface area contributed by atoms with Gasteiger partial charge in [-0.2, -0.15) is 0 Å². The van der Waals surface area contributed by atoms with Crippen LogP contribution in [0.25, 0.3) is 11.1 Å². The molecule has 1 aliphatic carbocycles. The lowest BCUT2D eigenvalue weighted by atomic mass is 9.84. The second-order valence-electron chi connectivity index (χ2n) is 40.1. The molecule has 1 aromatic heterocycles. The number of carboxylic acids is 1. The molecule has 1 saturated carbocycles. The summed E-state index contributed by atoms with van der Waals surface area (Å²) in [4.78, 5) is 258. The van der Waals surface area contributed by atoms with Crippen LogP contribution in [0.2, 0.25) is 0 Å². The number of carboxylic acid groups (broad SMARTS) is 1. The molecular formula is C103H145BrFN23O18. The molecule has 5 aromatic rings. The average molecular weight is 2090 g/mol. The molecule has 5 heterocycles. The minimum Gasteiger partial charge on any atom is -0.480 e. The van der Waals surface area contributed by atoms with E-state index < -0.39 is 209 Å². The molecule has 41 nitrogen and oxygen atoms in total. The van der Waals surface area contributed by atoms with Crippen LogP contribution in [0.3, 0.4) is 0 Å². The van der Waals surface area contributed by atoms with Crippen LogP contribution in [-0.4, -0.2) is 266 Å². The molecule has 23 N–H and O–H groups in total. The first-order valence-corrected chi connectivity index (χ1v) is 51.6. The number of hydrogen-bond acceptors (Lipinski definition) is 21. The third-order valence-corrected chi connectivity index (χ3v) is 28.2. The molecule has 16 amide bonds. The molecule has 5 aliphatic rings. The summed E-state index contributed by atoms with van der Waals surface area (Å²) in [6.45, 7) is 11.6. The van der Waals surface area contributed by atoms with Gasteiger partial charge in [0.05, 0.1) is 18.6 Å². The van der Waals surface area contributed by atoms with Crippen molar-refractivity contribution in [2.75, 3.05) is 45.8 Å². The van der Waals surface area contributed by atoms with E-state index in [1.165, 1.54) is 79.2 Å². The minimum atomic E-state index is -1.90. The summed E-state index contributed by atoms with van der Waals surface area (Å²) in [5.41, 5.74) is 17.4. The van der Waals surface area contributed by atoms with E-state index in [4.69, 9.17) is 22.6 Å². The first-order chi connectivity index (χ1) is 69.6. The molecule has 4 saturated heterocycles. The summed E-state index contributed by atoms with van der Waals surface area (Å²) >= 11 is 3.48. The van der Waals surface area contributed by atoms with Crippen molar-refractivity contribution >= 4 is 122 Å². The Bertz CT molecular complexity index is 5350. The van der Waals surface area contributed by atoms with Gasteiger partial charge in [-0.25, -0.2) is 14.2 Å². The van der Waals surface area contributed by atoms with Crippen molar-refractivity contribution < 1.29 is 91.0 Å². The number of nitrogens with zero attached hydrogens (tertiary/aromatic N) is 4. The summed E-state index contributed by atoms with van der Waals surface area (Å²) in [7, 11) is 0. The number of H-pyrrole nitrogens is 1. The standard InChI is InChI=1S/C103H145BrFN23O18/c1-8-9-22-74(118-89(134)73(40-41-84(107)129)116-88(133)72(23-15-44-106)123-99(145)102(4,5)98(144)114-56-64-32-38-69(105)39-33-64)95(140)126-48-17-26-81(126)92(137)117-71(24-16-45-112-101(108)109)87(132)119-75(50-60(2)3)91(136)125-103(6,7)100(146)124-77(55-70-57-111-59-115-70)90(135)120-76(51-63-42-46-110-47-43-63)86(131)113-58-85(130)128-80-25-14-13-21-67(80)54-83(128)94(139)121-78(52-62-30-36-68(104)37-31-62)96(141)127-49-18-27-82(127)93(138)122-79(97(142)143)53-61-28-34-66(35-29-61)65-19-11-10-12-20-65/h10-12,19-20,28-39,57,59-60,63,67,71-83,110H,8-9,13-18,21-27,40-56,58,106H2,1-7H3,(H2,107,129)(H,111,115)(H,113,131)(H,114,144)(H,116,133)(H,117,137)(H,118,134)(H,119,132)(H,120,135)(H,121,139)(H,122,138)(H,123,145)(H,124,146)(H,125,136)(H,142,143)(H4,108,109,112)/t67-,71+,72+,73-,74-,75-,76-,77-,78-,79+,80-,81-,82-,83-/m0/s1. The van der Waals surface area contributed by atoms with Crippen molar-refractivity contribution in [2.24, 2.45) is 40.4 Å². The monoisotopic (exact) mass is 2090 g/mol. The van der Waals surface area contributed by atoms with Gasteiger partial charge < -0.3 is 116 Å². The zero-order valence-electron chi connectivity index (χ0n) is 84.2. The number of likely N-dealkylation sites (tertiary alicyclic amines) is 3. The normalized spacial score (nSPS) is 18.7. The van der Waals surface area contributed by atoms with E-state index >= 15 is 28.8 Å². The molecule has 0 bridgehead atoms. The van der Waals surface area contributed by atoms with E-state index in [1.54, 1.807) is 50.2 Å². The fourth-order valence-electron chi connectivity index (χ4n) is 19.3. The molecule has 0 spiro atoms. The number of hydrogen-bond donors (Lipinski definition) is 20. The number of halogens is 2. The van der Waals surface area contributed by atoms with Gasteiger partial charge in [0.1, 0.15) is 89.3 Å².